The Labute approximate surface area is 111 Å². The Balaban J connectivity index is 2.04. The van der Waals surface area contributed by atoms with E-state index in [-0.39, 0.29) is 0 Å². The Morgan fingerprint density at radius 3 is 2.95 bits per heavy atom. The third-order valence-corrected chi connectivity index (χ3v) is 2.57. The van der Waals surface area contributed by atoms with E-state index in [0.29, 0.717) is 22.7 Å². The van der Waals surface area contributed by atoms with Gasteiger partial charge in [0.1, 0.15) is 0 Å². The summed E-state index contributed by atoms with van der Waals surface area (Å²) >= 11 is 0. The number of nitrogens with zero attached hydrogens (tertiary/aromatic N) is 4. The number of carboxylic acid groups (broad SMARTS) is 1. The van der Waals surface area contributed by atoms with E-state index in [1.807, 2.05) is 0 Å². The fraction of sp³-hybridized carbons (Fsp3) is 0. The van der Waals surface area contributed by atoms with Gasteiger partial charge in [-0.15, -0.1) is 5.10 Å². The van der Waals surface area contributed by atoms with Crippen LogP contribution in [-0.2, 0) is 0 Å². The van der Waals surface area contributed by atoms with Gasteiger partial charge >= 0.3 is 6.09 Å². The molecule has 3 aromatic heterocycles. The molecule has 2 N–H and O–H groups in total. The molecule has 0 fully saturated rings. The second-order valence-electron chi connectivity index (χ2n) is 3.95. The van der Waals surface area contributed by atoms with Crippen LogP contribution in [0.4, 0.5) is 14.9 Å². The normalized spacial score (nSPS) is 10.7. The standard InChI is InChI=1S/C12H8FN5O2/c13-9-5-7(1-3-14-9)11-16-10-6-8(15-12(19)20)2-4-18(10)17-11/h1-6,15H,(H,19,20). The topological polar surface area (TPSA) is 92.4 Å². The summed E-state index contributed by atoms with van der Waals surface area (Å²) in [7, 11) is 0. The van der Waals surface area contributed by atoms with Crippen molar-refractivity contribution in [1.29, 1.82) is 0 Å². The van der Waals surface area contributed by atoms with Gasteiger partial charge < -0.3 is 5.11 Å². The maximum atomic E-state index is 13.1. The molecule has 0 atom stereocenters. The summed E-state index contributed by atoms with van der Waals surface area (Å²) in [6.45, 7) is 0. The molecule has 0 saturated carbocycles. The highest BCUT2D eigenvalue weighted by atomic mass is 19.1. The Kier molecular flexibility index (Phi) is 2.75. The smallest absolute Gasteiger partial charge is 0.409 e. The minimum absolute atomic E-state index is 0.332. The maximum absolute atomic E-state index is 13.1. The molecule has 0 aliphatic rings. The first-order valence-corrected chi connectivity index (χ1v) is 5.60. The number of rotatable bonds is 2. The number of amides is 1. The van der Waals surface area contributed by atoms with Gasteiger partial charge in [-0.05, 0) is 12.1 Å². The molecule has 0 bridgehead atoms. The lowest BCUT2D eigenvalue weighted by Gasteiger charge is -1.99. The van der Waals surface area contributed by atoms with E-state index in [1.54, 1.807) is 18.3 Å². The molecule has 0 unspecified atom stereocenters. The maximum Gasteiger partial charge on any atom is 0.409 e. The van der Waals surface area contributed by atoms with Gasteiger partial charge in [0.25, 0.3) is 0 Å². The first-order valence-electron chi connectivity index (χ1n) is 5.60. The molecule has 0 spiro atoms. The summed E-state index contributed by atoms with van der Waals surface area (Å²) in [6.07, 6.45) is 1.73. The van der Waals surface area contributed by atoms with Gasteiger partial charge in [0.2, 0.25) is 5.95 Å². The quantitative estimate of drug-likeness (QED) is 0.697. The summed E-state index contributed by atoms with van der Waals surface area (Å²) in [5.74, 6) is -0.284. The number of hydrogen-bond acceptors (Lipinski definition) is 4. The Bertz CT molecular complexity index is 801. The number of hydrogen-bond donors (Lipinski definition) is 2. The van der Waals surface area contributed by atoms with E-state index in [2.05, 4.69) is 20.4 Å². The van der Waals surface area contributed by atoms with E-state index >= 15 is 0 Å². The molecule has 3 rings (SSSR count). The van der Waals surface area contributed by atoms with E-state index < -0.39 is 12.0 Å². The lowest BCUT2D eigenvalue weighted by atomic mass is 10.2. The van der Waals surface area contributed by atoms with Crippen molar-refractivity contribution in [1.82, 2.24) is 19.6 Å². The average molecular weight is 273 g/mol. The fourth-order valence-electron chi connectivity index (χ4n) is 1.75. The molecular formula is C12H8FN5O2. The van der Waals surface area contributed by atoms with E-state index in [9.17, 15) is 9.18 Å². The Hall–Kier alpha value is -3.03. The Morgan fingerprint density at radius 2 is 2.20 bits per heavy atom. The highest BCUT2D eigenvalue weighted by molar-refractivity contribution is 5.83. The minimum Gasteiger partial charge on any atom is -0.465 e. The van der Waals surface area contributed by atoms with Crippen LogP contribution in [0.2, 0.25) is 0 Å². The minimum atomic E-state index is -1.16. The van der Waals surface area contributed by atoms with Crippen LogP contribution in [0.25, 0.3) is 17.0 Å². The van der Waals surface area contributed by atoms with Gasteiger partial charge in [-0.3, -0.25) is 5.32 Å². The lowest BCUT2D eigenvalue weighted by molar-refractivity contribution is 0.210. The molecule has 0 aliphatic carbocycles. The van der Waals surface area contributed by atoms with Crippen LogP contribution < -0.4 is 5.32 Å². The van der Waals surface area contributed by atoms with Crippen molar-refractivity contribution in [3.63, 3.8) is 0 Å². The van der Waals surface area contributed by atoms with Crippen molar-refractivity contribution in [3.8, 4) is 11.4 Å². The zero-order valence-corrected chi connectivity index (χ0v) is 9.99. The van der Waals surface area contributed by atoms with E-state index in [4.69, 9.17) is 5.11 Å². The third-order valence-electron chi connectivity index (χ3n) is 2.57. The molecule has 0 aromatic carbocycles. The molecule has 0 radical (unpaired) electrons. The summed E-state index contributed by atoms with van der Waals surface area (Å²) in [6, 6.07) is 5.90. The van der Waals surface area contributed by atoms with Gasteiger partial charge in [-0.1, -0.05) is 0 Å². The zero-order valence-electron chi connectivity index (χ0n) is 9.99. The molecule has 3 heterocycles. The lowest BCUT2D eigenvalue weighted by Crippen LogP contribution is -2.07. The second-order valence-corrected chi connectivity index (χ2v) is 3.95. The van der Waals surface area contributed by atoms with Crippen molar-refractivity contribution < 1.29 is 14.3 Å². The predicted molar refractivity (Wildman–Crippen MR) is 67.8 cm³/mol. The largest absolute Gasteiger partial charge is 0.465 e. The van der Waals surface area contributed by atoms with Crippen LogP contribution in [0, 0.1) is 5.95 Å². The number of aromatic nitrogens is 4. The van der Waals surface area contributed by atoms with Crippen molar-refractivity contribution in [2.75, 3.05) is 5.32 Å². The average Bonchev–Trinajstić information content (AvgIpc) is 2.81. The number of nitrogens with one attached hydrogen (secondary N) is 1. The van der Waals surface area contributed by atoms with Crippen molar-refractivity contribution in [3.05, 3.63) is 42.6 Å². The van der Waals surface area contributed by atoms with Crippen LogP contribution in [-0.4, -0.2) is 30.8 Å². The number of halogens is 1. The number of anilines is 1. The summed E-state index contributed by atoms with van der Waals surface area (Å²) in [5, 5.41) is 15.1. The van der Waals surface area contributed by atoms with Crippen LogP contribution in [0.15, 0.2) is 36.7 Å². The fourth-order valence-corrected chi connectivity index (χ4v) is 1.75. The van der Waals surface area contributed by atoms with Crippen LogP contribution in [0.3, 0.4) is 0 Å². The molecule has 0 saturated heterocycles. The molecule has 7 nitrogen and oxygen atoms in total. The Morgan fingerprint density at radius 1 is 1.35 bits per heavy atom. The molecule has 8 heteroatoms. The molecule has 1 amide bonds. The van der Waals surface area contributed by atoms with Gasteiger partial charge in [-0.25, -0.2) is 19.3 Å². The molecular weight excluding hydrogens is 265 g/mol. The summed E-state index contributed by atoms with van der Waals surface area (Å²) in [5.41, 5.74) is 1.32. The molecule has 20 heavy (non-hydrogen) atoms. The first kappa shape index (κ1) is 12.0. The highest BCUT2D eigenvalue weighted by Crippen LogP contribution is 2.18. The number of carbonyl (C=O) groups is 1. The molecule has 0 aliphatic heterocycles. The zero-order chi connectivity index (χ0) is 14.1. The van der Waals surface area contributed by atoms with Gasteiger partial charge in [0.05, 0.1) is 0 Å². The summed E-state index contributed by atoms with van der Waals surface area (Å²) in [4.78, 5) is 18.2. The molecule has 100 valence electrons. The number of pyridine rings is 2. The van der Waals surface area contributed by atoms with Crippen LogP contribution in [0.5, 0.6) is 0 Å². The second kappa shape index (κ2) is 4.57. The third kappa shape index (κ3) is 2.26. The van der Waals surface area contributed by atoms with Gasteiger partial charge in [0, 0.05) is 35.8 Å². The molecule has 3 aromatic rings. The highest BCUT2D eigenvalue weighted by Gasteiger charge is 2.08. The van der Waals surface area contributed by atoms with Gasteiger partial charge in [-0.2, -0.15) is 4.39 Å². The van der Waals surface area contributed by atoms with Crippen LogP contribution in [0.1, 0.15) is 0 Å². The van der Waals surface area contributed by atoms with E-state index in [1.165, 1.54) is 22.8 Å². The monoisotopic (exact) mass is 273 g/mol. The van der Waals surface area contributed by atoms with Gasteiger partial charge in [0.15, 0.2) is 11.5 Å². The van der Waals surface area contributed by atoms with Crippen LogP contribution >= 0.6 is 0 Å². The van der Waals surface area contributed by atoms with Crippen molar-refractivity contribution in [2.45, 2.75) is 0 Å². The predicted octanol–water partition coefficient (Wildman–Crippen LogP) is 2.02. The number of fused-ring (bicyclic) bond motifs is 1. The SMILES string of the molecule is O=C(O)Nc1ccn2nc(-c3ccnc(F)c3)nc2c1. The van der Waals surface area contributed by atoms with E-state index in [0.717, 1.165) is 0 Å². The van der Waals surface area contributed by atoms with Crippen molar-refractivity contribution in [2.24, 2.45) is 0 Å². The first-order chi connectivity index (χ1) is 9.61. The van der Waals surface area contributed by atoms with Crippen molar-refractivity contribution >= 4 is 17.4 Å². The summed E-state index contributed by atoms with van der Waals surface area (Å²) < 4.78 is 14.5.